The summed E-state index contributed by atoms with van der Waals surface area (Å²) in [6.07, 6.45) is 1.70. The molecule has 0 saturated carbocycles. The molecule has 26 heavy (non-hydrogen) atoms. The predicted molar refractivity (Wildman–Crippen MR) is 107 cm³/mol. The van der Waals surface area contributed by atoms with Crippen LogP contribution < -0.4 is 15.4 Å². The van der Waals surface area contributed by atoms with Gasteiger partial charge < -0.3 is 15.4 Å². The van der Waals surface area contributed by atoms with Crippen LogP contribution in [0.5, 0.6) is 5.75 Å². The molecule has 2 aromatic carbocycles. The molecule has 2 N–H and O–H groups in total. The van der Waals surface area contributed by atoms with Crippen LogP contribution in [0.15, 0.2) is 54.7 Å². The number of halogens is 1. The summed E-state index contributed by atoms with van der Waals surface area (Å²) in [6, 6.07) is 15.6. The average molecular weight is 369 g/mol. The Morgan fingerprint density at radius 2 is 1.69 bits per heavy atom. The molecule has 1 aromatic heterocycles. The maximum absolute atomic E-state index is 6.15. The lowest BCUT2D eigenvalue weighted by Crippen LogP contribution is -2.00. The molecule has 0 unspecified atom stereocenters. The van der Waals surface area contributed by atoms with Gasteiger partial charge in [-0.05, 0) is 47.9 Å². The molecule has 0 radical (unpaired) electrons. The fourth-order valence-electron chi connectivity index (χ4n) is 2.46. The van der Waals surface area contributed by atoms with Crippen molar-refractivity contribution in [1.29, 1.82) is 0 Å². The normalized spacial score (nSPS) is 10.7. The fourth-order valence-corrected chi connectivity index (χ4v) is 2.72. The molecule has 0 aliphatic carbocycles. The Morgan fingerprint density at radius 3 is 2.35 bits per heavy atom. The van der Waals surface area contributed by atoms with E-state index in [0.717, 1.165) is 11.4 Å². The number of anilines is 4. The summed E-state index contributed by atoms with van der Waals surface area (Å²) in [5, 5.41) is 6.96. The Balaban J connectivity index is 1.72. The van der Waals surface area contributed by atoms with Crippen LogP contribution >= 0.6 is 11.6 Å². The lowest BCUT2D eigenvalue weighted by molar-refractivity contribution is 0.415. The summed E-state index contributed by atoms with van der Waals surface area (Å²) in [7, 11) is 1.58. The quantitative estimate of drug-likeness (QED) is 0.580. The highest BCUT2D eigenvalue weighted by Gasteiger charge is 2.05. The first-order valence-corrected chi connectivity index (χ1v) is 8.73. The molecule has 0 fully saturated rings. The van der Waals surface area contributed by atoms with Crippen LogP contribution in [-0.4, -0.2) is 17.1 Å². The molecule has 0 atom stereocenters. The molecule has 0 spiro atoms. The Labute approximate surface area is 158 Å². The first-order chi connectivity index (χ1) is 12.5. The Kier molecular flexibility index (Phi) is 5.58. The number of nitrogens with zero attached hydrogens (tertiary/aromatic N) is 2. The molecule has 3 aromatic rings. The number of ether oxygens (including phenoxy) is 1. The van der Waals surface area contributed by atoms with E-state index in [1.165, 1.54) is 5.56 Å². The first kappa shape index (κ1) is 18.0. The highest BCUT2D eigenvalue weighted by Crippen LogP contribution is 2.28. The van der Waals surface area contributed by atoms with E-state index in [0.29, 0.717) is 28.5 Å². The lowest BCUT2D eigenvalue weighted by Gasteiger charge is -2.11. The monoisotopic (exact) mass is 368 g/mol. The van der Waals surface area contributed by atoms with Gasteiger partial charge in [0.2, 0.25) is 5.95 Å². The first-order valence-electron chi connectivity index (χ1n) is 8.36. The van der Waals surface area contributed by atoms with Crippen LogP contribution in [0, 0.1) is 0 Å². The number of rotatable bonds is 6. The molecule has 6 heteroatoms. The number of nitrogens with one attached hydrogen (secondary N) is 2. The summed E-state index contributed by atoms with van der Waals surface area (Å²) < 4.78 is 5.16. The van der Waals surface area contributed by atoms with Gasteiger partial charge in [-0.2, -0.15) is 4.98 Å². The summed E-state index contributed by atoms with van der Waals surface area (Å²) >= 11 is 6.15. The van der Waals surface area contributed by atoms with Crippen molar-refractivity contribution in [1.82, 2.24) is 9.97 Å². The molecule has 0 bridgehead atoms. The van der Waals surface area contributed by atoms with Crippen molar-refractivity contribution in [3.63, 3.8) is 0 Å². The fraction of sp³-hybridized carbons (Fsp3) is 0.200. The van der Waals surface area contributed by atoms with Crippen molar-refractivity contribution in [3.05, 3.63) is 65.3 Å². The van der Waals surface area contributed by atoms with Gasteiger partial charge in [0.15, 0.2) is 0 Å². The van der Waals surface area contributed by atoms with E-state index in [9.17, 15) is 0 Å². The van der Waals surface area contributed by atoms with Crippen LogP contribution in [0.3, 0.4) is 0 Å². The SMILES string of the molecule is COc1ccc(Nc2nccc(Nc3ccc(C(C)C)cc3)n2)cc1Cl. The van der Waals surface area contributed by atoms with Crippen molar-refractivity contribution >= 4 is 34.7 Å². The van der Waals surface area contributed by atoms with Crippen LogP contribution in [0.2, 0.25) is 5.02 Å². The van der Waals surface area contributed by atoms with Crippen LogP contribution in [0.4, 0.5) is 23.1 Å². The summed E-state index contributed by atoms with van der Waals surface area (Å²) in [6.45, 7) is 4.35. The van der Waals surface area contributed by atoms with Crippen molar-refractivity contribution in [2.24, 2.45) is 0 Å². The molecule has 1 heterocycles. The number of methoxy groups -OCH3 is 1. The van der Waals surface area contributed by atoms with Gasteiger partial charge in [-0.25, -0.2) is 4.98 Å². The predicted octanol–water partition coefficient (Wildman–Crippen LogP) is 5.75. The van der Waals surface area contributed by atoms with Gasteiger partial charge >= 0.3 is 0 Å². The molecule has 0 saturated heterocycles. The van der Waals surface area contributed by atoms with Crippen LogP contribution in [0.25, 0.3) is 0 Å². The number of hydrogen-bond acceptors (Lipinski definition) is 5. The van der Waals surface area contributed by atoms with Gasteiger partial charge in [0, 0.05) is 17.6 Å². The van der Waals surface area contributed by atoms with Crippen molar-refractivity contribution in [2.45, 2.75) is 19.8 Å². The second-order valence-corrected chi connectivity index (χ2v) is 6.55. The minimum atomic E-state index is 0.482. The molecule has 0 aliphatic rings. The second-order valence-electron chi connectivity index (χ2n) is 6.14. The average Bonchev–Trinajstić information content (AvgIpc) is 2.63. The smallest absolute Gasteiger partial charge is 0.229 e. The molecule has 0 amide bonds. The zero-order valence-corrected chi connectivity index (χ0v) is 15.7. The molecule has 3 rings (SSSR count). The van der Waals surface area contributed by atoms with Crippen LogP contribution in [0.1, 0.15) is 25.3 Å². The number of aromatic nitrogens is 2. The summed E-state index contributed by atoms with van der Waals surface area (Å²) in [5.74, 6) is 2.32. The molecule has 5 nitrogen and oxygen atoms in total. The van der Waals surface area contributed by atoms with E-state index < -0.39 is 0 Å². The highest BCUT2D eigenvalue weighted by molar-refractivity contribution is 6.32. The summed E-state index contributed by atoms with van der Waals surface area (Å²) in [4.78, 5) is 8.73. The van der Waals surface area contributed by atoms with Crippen molar-refractivity contribution in [3.8, 4) is 5.75 Å². The lowest BCUT2D eigenvalue weighted by atomic mass is 10.0. The molecule has 134 valence electrons. The number of hydrogen-bond donors (Lipinski definition) is 2. The maximum Gasteiger partial charge on any atom is 0.229 e. The van der Waals surface area contributed by atoms with Crippen molar-refractivity contribution in [2.75, 3.05) is 17.7 Å². The standard InChI is InChI=1S/C20H21ClN4O/c1-13(2)14-4-6-15(7-5-14)23-19-10-11-22-20(25-19)24-16-8-9-18(26-3)17(21)12-16/h4-13H,1-3H3,(H2,22,23,24,25). The van der Waals surface area contributed by atoms with Gasteiger partial charge in [0.1, 0.15) is 11.6 Å². The minimum absolute atomic E-state index is 0.482. The number of benzene rings is 2. The molecular formula is C20H21ClN4O. The molecular weight excluding hydrogens is 348 g/mol. The minimum Gasteiger partial charge on any atom is -0.495 e. The Hall–Kier alpha value is -2.79. The Bertz CT molecular complexity index is 881. The van der Waals surface area contributed by atoms with E-state index in [2.05, 4.69) is 46.6 Å². The largest absolute Gasteiger partial charge is 0.495 e. The van der Waals surface area contributed by atoms with E-state index in [-0.39, 0.29) is 0 Å². The third-order valence-corrected chi connectivity index (χ3v) is 4.21. The maximum atomic E-state index is 6.15. The van der Waals surface area contributed by atoms with Crippen LogP contribution in [-0.2, 0) is 0 Å². The summed E-state index contributed by atoms with van der Waals surface area (Å²) in [5.41, 5.74) is 3.07. The van der Waals surface area contributed by atoms with Gasteiger partial charge in [0.25, 0.3) is 0 Å². The van der Waals surface area contributed by atoms with Gasteiger partial charge in [-0.3, -0.25) is 0 Å². The van der Waals surface area contributed by atoms with Gasteiger partial charge in [-0.15, -0.1) is 0 Å². The van der Waals surface area contributed by atoms with Gasteiger partial charge in [-0.1, -0.05) is 37.6 Å². The molecule has 0 aliphatic heterocycles. The van der Waals surface area contributed by atoms with Crippen molar-refractivity contribution < 1.29 is 4.74 Å². The second kappa shape index (κ2) is 8.06. The zero-order chi connectivity index (χ0) is 18.5. The third-order valence-electron chi connectivity index (χ3n) is 3.91. The third kappa shape index (κ3) is 4.43. The highest BCUT2D eigenvalue weighted by atomic mass is 35.5. The van der Waals surface area contributed by atoms with E-state index in [1.807, 2.05) is 24.3 Å². The van der Waals surface area contributed by atoms with Gasteiger partial charge in [0.05, 0.1) is 12.1 Å². The Morgan fingerprint density at radius 1 is 0.962 bits per heavy atom. The van der Waals surface area contributed by atoms with E-state index >= 15 is 0 Å². The van der Waals surface area contributed by atoms with E-state index in [1.54, 1.807) is 25.4 Å². The van der Waals surface area contributed by atoms with E-state index in [4.69, 9.17) is 16.3 Å². The topological polar surface area (TPSA) is 59.1 Å². The zero-order valence-electron chi connectivity index (χ0n) is 15.0.